The smallest absolute Gasteiger partial charge is 0.410 e. The fourth-order valence-corrected chi connectivity index (χ4v) is 2.90. The standard InChI is InChI=1S/C16H19BrN2O2/c1-16(2,3)21-15(20)19-9-12(8-18)14(10-19)11-5-4-6-13(17)7-11/h4-7,12,14H,9-10H2,1-3H3/t12-,14+/m1/s1. The molecule has 0 aromatic heterocycles. The first-order valence-corrected chi connectivity index (χ1v) is 7.72. The molecule has 4 nitrogen and oxygen atoms in total. The molecule has 1 saturated heterocycles. The lowest BCUT2D eigenvalue weighted by molar-refractivity contribution is 0.0289. The molecule has 1 fully saturated rings. The number of halogens is 1. The minimum absolute atomic E-state index is 0.0278. The van der Waals surface area contributed by atoms with Crippen LogP contribution in [0.5, 0.6) is 0 Å². The third kappa shape index (κ3) is 3.98. The van der Waals surface area contributed by atoms with Gasteiger partial charge in [-0.15, -0.1) is 0 Å². The van der Waals surface area contributed by atoms with Crippen LogP contribution in [-0.4, -0.2) is 29.7 Å². The average Bonchev–Trinajstić information content (AvgIpc) is 2.81. The number of rotatable bonds is 1. The maximum absolute atomic E-state index is 12.2. The van der Waals surface area contributed by atoms with Crippen molar-refractivity contribution in [2.75, 3.05) is 13.1 Å². The van der Waals surface area contributed by atoms with Crippen LogP contribution >= 0.6 is 15.9 Å². The van der Waals surface area contributed by atoms with E-state index in [1.807, 2.05) is 45.0 Å². The Bertz CT molecular complexity index is 574. The molecular formula is C16H19BrN2O2. The zero-order chi connectivity index (χ0) is 15.6. The Hall–Kier alpha value is -1.54. The van der Waals surface area contributed by atoms with Gasteiger partial charge in [0.05, 0.1) is 12.0 Å². The van der Waals surface area contributed by atoms with Crippen LogP contribution in [0.25, 0.3) is 0 Å². The van der Waals surface area contributed by atoms with Gasteiger partial charge < -0.3 is 9.64 Å². The Labute approximate surface area is 133 Å². The molecule has 0 unspecified atom stereocenters. The van der Waals surface area contributed by atoms with Gasteiger partial charge in [0.1, 0.15) is 5.60 Å². The summed E-state index contributed by atoms with van der Waals surface area (Å²) in [6.45, 7) is 6.46. The van der Waals surface area contributed by atoms with Gasteiger partial charge in [-0.25, -0.2) is 4.79 Å². The highest BCUT2D eigenvalue weighted by Gasteiger charge is 2.38. The molecule has 0 bridgehead atoms. The highest BCUT2D eigenvalue weighted by atomic mass is 79.9. The van der Waals surface area contributed by atoms with Crippen molar-refractivity contribution in [2.45, 2.75) is 32.3 Å². The quantitative estimate of drug-likeness (QED) is 0.771. The molecular weight excluding hydrogens is 332 g/mol. The van der Waals surface area contributed by atoms with E-state index in [0.717, 1.165) is 10.0 Å². The maximum atomic E-state index is 12.2. The van der Waals surface area contributed by atoms with Gasteiger partial charge in [-0.05, 0) is 38.5 Å². The van der Waals surface area contributed by atoms with Crippen molar-refractivity contribution in [3.8, 4) is 6.07 Å². The lowest BCUT2D eigenvalue weighted by atomic mass is 9.90. The van der Waals surface area contributed by atoms with Gasteiger partial charge in [-0.2, -0.15) is 5.26 Å². The summed E-state index contributed by atoms with van der Waals surface area (Å²) in [5.74, 6) is -0.174. The first-order chi connectivity index (χ1) is 9.80. The van der Waals surface area contributed by atoms with Gasteiger partial charge in [-0.3, -0.25) is 0 Å². The van der Waals surface area contributed by atoms with E-state index in [1.165, 1.54) is 0 Å². The Balaban J connectivity index is 2.15. The van der Waals surface area contributed by atoms with Gasteiger partial charge in [0.15, 0.2) is 0 Å². The van der Waals surface area contributed by atoms with E-state index in [1.54, 1.807) is 4.90 Å². The summed E-state index contributed by atoms with van der Waals surface area (Å²) in [7, 11) is 0. The Morgan fingerprint density at radius 3 is 2.71 bits per heavy atom. The molecule has 1 aliphatic heterocycles. The summed E-state index contributed by atoms with van der Waals surface area (Å²) in [6, 6.07) is 10.2. The van der Waals surface area contributed by atoms with Crippen LogP contribution in [0.15, 0.2) is 28.7 Å². The molecule has 1 amide bonds. The number of nitriles is 1. The second-order valence-corrected chi connectivity index (χ2v) is 7.20. The van der Waals surface area contributed by atoms with Crippen molar-refractivity contribution in [1.29, 1.82) is 5.26 Å². The van der Waals surface area contributed by atoms with Crippen LogP contribution < -0.4 is 0 Å². The first kappa shape index (κ1) is 15.8. The number of carbonyl (C=O) groups is 1. The van der Waals surface area contributed by atoms with Gasteiger partial charge >= 0.3 is 6.09 Å². The van der Waals surface area contributed by atoms with E-state index in [-0.39, 0.29) is 17.9 Å². The summed E-state index contributed by atoms with van der Waals surface area (Å²) in [6.07, 6.45) is -0.347. The average molecular weight is 351 g/mol. The molecule has 1 heterocycles. The van der Waals surface area contributed by atoms with E-state index in [2.05, 4.69) is 22.0 Å². The van der Waals surface area contributed by atoms with Crippen LogP contribution in [0.1, 0.15) is 32.3 Å². The first-order valence-electron chi connectivity index (χ1n) is 6.93. The molecule has 0 aliphatic carbocycles. The molecule has 1 aromatic rings. The molecule has 21 heavy (non-hydrogen) atoms. The normalized spacial score (nSPS) is 22.0. The number of nitrogens with zero attached hydrogens (tertiary/aromatic N) is 2. The zero-order valence-corrected chi connectivity index (χ0v) is 14.1. The summed E-state index contributed by atoms with van der Waals surface area (Å²) >= 11 is 3.45. The fraction of sp³-hybridized carbons (Fsp3) is 0.500. The Morgan fingerprint density at radius 2 is 2.14 bits per heavy atom. The lowest BCUT2D eigenvalue weighted by Crippen LogP contribution is -2.35. The number of benzene rings is 1. The molecule has 1 aromatic carbocycles. The third-order valence-electron chi connectivity index (χ3n) is 3.41. The molecule has 0 N–H and O–H groups in total. The fourth-order valence-electron chi connectivity index (χ4n) is 2.49. The van der Waals surface area contributed by atoms with E-state index in [9.17, 15) is 10.1 Å². The van der Waals surface area contributed by atoms with Gasteiger partial charge in [0.25, 0.3) is 0 Å². The molecule has 1 aliphatic rings. The van der Waals surface area contributed by atoms with Crippen molar-refractivity contribution in [1.82, 2.24) is 4.90 Å². The summed E-state index contributed by atoms with van der Waals surface area (Å²) in [4.78, 5) is 13.8. The summed E-state index contributed by atoms with van der Waals surface area (Å²) in [5, 5.41) is 9.36. The predicted molar refractivity (Wildman–Crippen MR) is 83.8 cm³/mol. The number of hydrogen-bond donors (Lipinski definition) is 0. The maximum Gasteiger partial charge on any atom is 0.410 e. The number of hydrogen-bond acceptors (Lipinski definition) is 3. The Morgan fingerprint density at radius 1 is 1.43 bits per heavy atom. The van der Waals surface area contributed by atoms with E-state index >= 15 is 0 Å². The largest absolute Gasteiger partial charge is 0.444 e. The van der Waals surface area contributed by atoms with Crippen molar-refractivity contribution < 1.29 is 9.53 Å². The van der Waals surface area contributed by atoms with Gasteiger partial charge in [0, 0.05) is 23.5 Å². The van der Waals surface area contributed by atoms with E-state index < -0.39 is 5.60 Å². The predicted octanol–water partition coefficient (Wildman–Crippen LogP) is 3.92. The summed E-state index contributed by atoms with van der Waals surface area (Å²) in [5.41, 5.74) is 0.551. The van der Waals surface area contributed by atoms with Gasteiger partial charge in [0.2, 0.25) is 0 Å². The highest BCUT2D eigenvalue weighted by molar-refractivity contribution is 9.10. The molecule has 2 rings (SSSR count). The topological polar surface area (TPSA) is 53.3 Å². The molecule has 2 atom stereocenters. The van der Waals surface area contributed by atoms with Crippen molar-refractivity contribution >= 4 is 22.0 Å². The number of likely N-dealkylation sites (tertiary alicyclic amines) is 1. The third-order valence-corrected chi connectivity index (χ3v) is 3.91. The molecule has 112 valence electrons. The van der Waals surface area contributed by atoms with Crippen LogP contribution in [0, 0.1) is 17.2 Å². The van der Waals surface area contributed by atoms with Gasteiger partial charge in [-0.1, -0.05) is 28.1 Å². The van der Waals surface area contributed by atoms with Crippen LogP contribution in [0.2, 0.25) is 0 Å². The van der Waals surface area contributed by atoms with E-state index in [4.69, 9.17) is 4.74 Å². The minimum Gasteiger partial charge on any atom is -0.444 e. The monoisotopic (exact) mass is 350 g/mol. The van der Waals surface area contributed by atoms with Crippen molar-refractivity contribution in [2.24, 2.45) is 5.92 Å². The molecule has 0 radical (unpaired) electrons. The minimum atomic E-state index is -0.521. The Kier molecular flexibility index (Phi) is 4.58. The summed E-state index contributed by atoms with van der Waals surface area (Å²) < 4.78 is 6.37. The van der Waals surface area contributed by atoms with Crippen LogP contribution in [0.3, 0.4) is 0 Å². The van der Waals surface area contributed by atoms with E-state index in [0.29, 0.717) is 13.1 Å². The van der Waals surface area contributed by atoms with Crippen molar-refractivity contribution in [3.63, 3.8) is 0 Å². The van der Waals surface area contributed by atoms with Crippen LogP contribution in [-0.2, 0) is 4.74 Å². The second kappa shape index (κ2) is 6.07. The number of carbonyl (C=O) groups excluding carboxylic acids is 1. The molecule has 0 spiro atoms. The van der Waals surface area contributed by atoms with Crippen LogP contribution in [0.4, 0.5) is 4.79 Å². The van der Waals surface area contributed by atoms with Crippen molar-refractivity contribution in [3.05, 3.63) is 34.3 Å². The molecule has 0 saturated carbocycles. The lowest BCUT2D eigenvalue weighted by Gasteiger charge is -2.24. The highest BCUT2D eigenvalue weighted by Crippen LogP contribution is 2.34. The number of amides is 1. The SMILES string of the molecule is CC(C)(C)OC(=O)N1C[C@@H](C#N)[C@H](c2cccc(Br)c2)C1. The second-order valence-electron chi connectivity index (χ2n) is 6.28. The molecule has 5 heteroatoms. The number of ether oxygens (including phenoxy) is 1. The zero-order valence-electron chi connectivity index (χ0n) is 12.5.